The van der Waals surface area contributed by atoms with E-state index in [1.807, 2.05) is 13.0 Å². The summed E-state index contributed by atoms with van der Waals surface area (Å²) >= 11 is 0.969. The third kappa shape index (κ3) is 5.17. The molecule has 1 N–H and O–H groups in total. The summed E-state index contributed by atoms with van der Waals surface area (Å²) in [7, 11) is -4.00. The van der Waals surface area contributed by atoms with E-state index in [1.54, 1.807) is 36.4 Å². The molecular weight excluding hydrogens is 422 g/mol. The summed E-state index contributed by atoms with van der Waals surface area (Å²) in [5.41, 5.74) is 1.54. The number of carbonyl (C=O) groups is 2. The summed E-state index contributed by atoms with van der Waals surface area (Å²) in [6.45, 7) is 5.57. The summed E-state index contributed by atoms with van der Waals surface area (Å²) in [5, 5.41) is 2.01. The van der Waals surface area contributed by atoms with Crippen molar-refractivity contribution in [3.63, 3.8) is 0 Å². The molecule has 0 aliphatic carbocycles. The van der Waals surface area contributed by atoms with Crippen LogP contribution in [0.5, 0.6) is 0 Å². The predicted molar refractivity (Wildman–Crippen MR) is 119 cm³/mol. The topological polar surface area (TPSA) is 95.9 Å². The second kappa shape index (κ2) is 9.27. The fraction of sp³-hybridized carbons (Fsp3) is 0.190. The Morgan fingerprint density at radius 1 is 1.20 bits per heavy atom. The normalized spacial score (nSPS) is 17.9. The number of anilines is 1. The summed E-state index contributed by atoms with van der Waals surface area (Å²) in [5.74, 6) is -0.714. The van der Waals surface area contributed by atoms with Gasteiger partial charge < -0.3 is 5.32 Å². The van der Waals surface area contributed by atoms with Gasteiger partial charge in [0.25, 0.3) is 10.0 Å². The highest BCUT2D eigenvalue weighted by Gasteiger charge is 2.39. The van der Waals surface area contributed by atoms with Crippen molar-refractivity contribution >= 4 is 44.5 Å². The lowest BCUT2D eigenvalue weighted by atomic mass is 10.2. The molecule has 156 valence electrons. The van der Waals surface area contributed by atoms with Gasteiger partial charge in [-0.2, -0.15) is 8.42 Å². The molecule has 0 saturated carbocycles. The van der Waals surface area contributed by atoms with Crippen molar-refractivity contribution < 1.29 is 18.0 Å². The van der Waals surface area contributed by atoms with Crippen molar-refractivity contribution in [1.82, 2.24) is 4.90 Å². The van der Waals surface area contributed by atoms with E-state index in [-0.39, 0.29) is 34.8 Å². The lowest BCUT2D eigenvalue weighted by Crippen LogP contribution is -2.33. The minimum absolute atomic E-state index is 0.0393. The van der Waals surface area contributed by atoms with E-state index in [2.05, 4.69) is 16.3 Å². The zero-order valence-electron chi connectivity index (χ0n) is 16.3. The molecule has 1 fully saturated rings. The number of hydrogen-bond donors (Lipinski definition) is 1. The lowest BCUT2D eigenvalue weighted by molar-refractivity contribution is -0.127. The first-order valence-corrected chi connectivity index (χ1v) is 11.5. The van der Waals surface area contributed by atoms with Crippen molar-refractivity contribution in [2.75, 3.05) is 11.9 Å². The molecule has 1 aliphatic heterocycles. The molecule has 1 atom stereocenters. The largest absolute Gasteiger partial charge is 0.326 e. The molecule has 2 aromatic carbocycles. The molecule has 1 heterocycles. The van der Waals surface area contributed by atoms with Crippen LogP contribution in [0, 0.1) is 6.92 Å². The fourth-order valence-corrected chi connectivity index (χ4v) is 5.14. The summed E-state index contributed by atoms with van der Waals surface area (Å²) < 4.78 is 29.2. The van der Waals surface area contributed by atoms with Crippen molar-refractivity contribution in [2.45, 2.75) is 23.5 Å². The molecule has 2 aromatic rings. The highest BCUT2D eigenvalue weighted by molar-refractivity contribution is 8.16. The van der Waals surface area contributed by atoms with E-state index < -0.39 is 15.3 Å². The van der Waals surface area contributed by atoms with Crippen LogP contribution in [0.25, 0.3) is 0 Å². The van der Waals surface area contributed by atoms with Crippen LogP contribution in [-0.2, 0) is 19.6 Å². The van der Waals surface area contributed by atoms with Crippen molar-refractivity contribution in [1.29, 1.82) is 0 Å². The van der Waals surface area contributed by atoms with Gasteiger partial charge >= 0.3 is 0 Å². The summed E-state index contributed by atoms with van der Waals surface area (Å²) in [4.78, 5) is 26.4. The predicted octanol–water partition coefficient (Wildman–Crippen LogP) is 3.20. The van der Waals surface area contributed by atoms with Crippen LogP contribution in [-0.4, -0.2) is 42.1 Å². The number of amidine groups is 1. The Morgan fingerprint density at radius 2 is 1.87 bits per heavy atom. The average molecular weight is 444 g/mol. The molecule has 1 saturated heterocycles. The molecule has 0 bridgehead atoms. The Morgan fingerprint density at radius 3 is 2.50 bits per heavy atom. The maximum absolute atomic E-state index is 12.8. The van der Waals surface area contributed by atoms with E-state index in [1.165, 1.54) is 23.1 Å². The van der Waals surface area contributed by atoms with Crippen LogP contribution in [0.3, 0.4) is 0 Å². The number of hydrogen-bond acceptors (Lipinski definition) is 5. The Balaban J connectivity index is 1.80. The van der Waals surface area contributed by atoms with Crippen LogP contribution >= 0.6 is 11.8 Å². The molecule has 0 unspecified atom stereocenters. The van der Waals surface area contributed by atoms with Crippen molar-refractivity contribution in [3.05, 3.63) is 72.8 Å². The SMILES string of the molecule is C=CCN1C(=O)[C@H](CC(=O)Nc2ccccc2)SC1=NS(=O)(=O)c1ccc(C)cc1. The maximum atomic E-state index is 12.8. The number of para-hydroxylation sites is 1. The van der Waals surface area contributed by atoms with Gasteiger partial charge in [-0.25, -0.2) is 0 Å². The van der Waals surface area contributed by atoms with Gasteiger partial charge in [0.05, 0.1) is 4.90 Å². The van der Waals surface area contributed by atoms with Gasteiger partial charge in [-0.3, -0.25) is 14.5 Å². The van der Waals surface area contributed by atoms with E-state index in [0.717, 1.165) is 17.3 Å². The van der Waals surface area contributed by atoms with Gasteiger partial charge in [-0.15, -0.1) is 11.0 Å². The zero-order valence-corrected chi connectivity index (χ0v) is 17.9. The smallest absolute Gasteiger partial charge is 0.284 e. The first-order valence-electron chi connectivity index (χ1n) is 9.15. The number of carbonyl (C=O) groups excluding carboxylic acids is 2. The number of aryl methyl sites for hydroxylation is 1. The number of thioether (sulfide) groups is 1. The number of nitrogens with one attached hydrogen (secondary N) is 1. The van der Waals surface area contributed by atoms with E-state index in [0.29, 0.717) is 5.69 Å². The third-order valence-electron chi connectivity index (χ3n) is 4.28. The lowest BCUT2D eigenvalue weighted by Gasteiger charge is -2.13. The molecule has 0 aromatic heterocycles. The van der Waals surface area contributed by atoms with Gasteiger partial charge in [0.2, 0.25) is 11.8 Å². The van der Waals surface area contributed by atoms with Gasteiger partial charge in [0, 0.05) is 18.7 Å². The highest BCUT2D eigenvalue weighted by atomic mass is 32.2. The number of nitrogens with zero attached hydrogens (tertiary/aromatic N) is 2. The van der Waals surface area contributed by atoms with Crippen LogP contribution < -0.4 is 5.32 Å². The van der Waals surface area contributed by atoms with Gasteiger partial charge in [0.1, 0.15) is 5.25 Å². The van der Waals surface area contributed by atoms with Gasteiger partial charge in [-0.05, 0) is 31.2 Å². The number of benzene rings is 2. The van der Waals surface area contributed by atoms with E-state index in [9.17, 15) is 18.0 Å². The third-order valence-corrected chi connectivity index (χ3v) is 6.85. The first-order chi connectivity index (χ1) is 14.3. The summed E-state index contributed by atoms with van der Waals surface area (Å²) in [6, 6.07) is 15.2. The van der Waals surface area contributed by atoms with E-state index >= 15 is 0 Å². The number of rotatable bonds is 7. The zero-order chi connectivity index (χ0) is 21.7. The number of sulfonamides is 1. The van der Waals surface area contributed by atoms with E-state index in [4.69, 9.17) is 0 Å². The molecular formula is C21H21N3O4S2. The fourth-order valence-electron chi connectivity index (χ4n) is 2.77. The second-order valence-corrected chi connectivity index (χ2v) is 9.40. The molecule has 3 rings (SSSR count). The Hall–Kier alpha value is -2.91. The quantitative estimate of drug-likeness (QED) is 0.663. The Labute approximate surface area is 179 Å². The van der Waals surface area contributed by atoms with Crippen LogP contribution in [0.4, 0.5) is 5.69 Å². The molecule has 9 heteroatoms. The molecule has 30 heavy (non-hydrogen) atoms. The molecule has 0 radical (unpaired) electrons. The average Bonchev–Trinajstić information content (AvgIpc) is 2.97. The minimum Gasteiger partial charge on any atom is -0.326 e. The monoisotopic (exact) mass is 443 g/mol. The molecule has 0 spiro atoms. The van der Waals surface area contributed by atoms with Gasteiger partial charge in [0.15, 0.2) is 5.17 Å². The standard InChI is InChI=1S/C21H21N3O4S2/c1-3-13-24-20(26)18(14-19(25)22-16-7-5-4-6-8-16)29-21(24)23-30(27,28)17-11-9-15(2)10-12-17/h3-12,18H,1,13-14H2,2H3,(H,22,25)/t18-/m0/s1. The van der Waals surface area contributed by atoms with Crippen LogP contribution in [0.1, 0.15) is 12.0 Å². The second-order valence-electron chi connectivity index (χ2n) is 6.62. The van der Waals surface area contributed by atoms with Crippen molar-refractivity contribution in [3.8, 4) is 0 Å². The Bertz CT molecular complexity index is 1080. The van der Waals surface area contributed by atoms with Crippen LogP contribution in [0.15, 0.2) is 76.5 Å². The maximum Gasteiger partial charge on any atom is 0.284 e. The van der Waals surface area contributed by atoms with Crippen LogP contribution in [0.2, 0.25) is 0 Å². The van der Waals surface area contributed by atoms with Gasteiger partial charge in [-0.1, -0.05) is 53.7 Å². The minimum atomic E-state index is -4.00. The molecule has 1 aliphatic rings. The summed E-state index contributed by atoms with van der Waals surface area (Å²) in [6.07, 6.45) is 1.38. The Kier molecular flexibility index (Phi) is 6.73. The highest BCUT2D eigenvalue weighted by Crippen LogP contribution is 2.31. The molecule has 7 nitrogen and oxygen atoms in total. The number of amides is 2. The van der Waals surface area contributed by atoms with Crippen molar-refractivity contribution in [2.24, 2.45) is 4.40 Å². The first kappa shape index (κ1) is 21.8. The molecule has 2 amide bonds.